The molecule has 200 valence electrons. The van der Waals surface area contributed by atoms with Crippen LogP contribution < -0.4 is 5.32 Å². The number of carbonyl (C=O) groups excluding carboxylic acids is 2. The highest BCUT2D eigenvalue weighted by Gasteiger charge is 2.48. The number of carbonyl (C=O) groups is 2. The SMILES string of the molecule is CC(C)C[C@H]1CN2CCC[C@@H]2CN1C(=O)N1Cc2c(NC(=O)c3ccc4ccccc4n3)n[nH]c2C1(C)C. The molecule has 1 aromatic carbocycles. The summed E-state index contributed by atoms with van der Waals surface area (Å²) in [6, 6.07) is 12.1. The minimum atomic E-state index is -0.571. The lowest BCUT2D eigenvalue weighted by molar-refractivity contribution is 0.0335. The third-order valence-electron chi connectivity index (χ3n) is 8.55. The van der Waals surface area contributed by atoms with Crippen molar-refractivity contribution in [2.45, 2.75) is 71.1 Å². The third kappa shape index (κ3) is 4.22. The first-order chi connectivity index (χ1) is 18.2. The number of nitrogens with zero attached hydrogens (tertiary/aromatic N) is 5. The van der Waals surface area contributed by atoms with Crippen molar-refractivity contribution in [2.75, 3.05) is 25.0 Å². The van der Waals surface area contributed by atoms with Crippen molar-refractivity contribution in [1.29, 1.82) is 0 Å². The number of urea groups is 1. The van der Waals surface area contributed by atoms with Crippen LogP contribution in [0.5, 0.6) is 0 Å². The molecule has 0 bridgehead atoms. The van der Waals surface area contributed by atoms with Gasteiger partial charge in [-0.1, -0.05) is 38.1 Å². The number of hydrogen-bond donors (Lipinski definition) is 2. The van der Waals surface area contributed by atoms with Crippen molar-refractivity contribution in [3.63, 3.8) is 0 Å². The zero-order valence-electron chi connectivity index (χ0n) is 22.7. The van der Waals surface area contributed by atoms with Crippen LogP contribution >= 0.6 is 0 Å². The number of para-hydroxylation sites is 1. The highest BCUT2D eigenvalue weighted by atomic mass is 16.2. The van der Waals surface area contributed by atoms with Crippen molar-refractivity contribution in [2.24, 2.45) is 5.92 Å². The van der Waals surface area contributed by atoms with Crippen LogP contribution in [0.1, 0.15) is 68.7 Å². The lowest BCUT2D eigenvalue weighted by Crippen LogP contribution is -2.61. The molecule has 9 heteroatoms. The van der Waals surface area contributed by atoms with Gasteiger partial charge in [-0.3, -0.25) is 14.8 Å². The number of aromatic amines is 1. The van der Waals surface area contributed by atoms with E-state index in [0.717, 1.165) is 54.6 Å². The van der Waals surface area contributed by atoms with Crippen molar-refractivity contribution >= 4 is 28.7 Å². The molecular weight excluding hydrogens is 478 g/mol. The van der Waals surface area contributed by atoms with Gasteiger partial charge in [-0.25, -0.2) is 9.78 Å². The summed E-state index contributed by atoms with van der Waals surface area (Å²) in [6.45, 7) is 11.8. The Morgan fingerprint density at radius 3 is 2.79 bits per heavy atom. The van der Waals surface area contributed by atoms with Crippen LogP contribution in [0.2, 0.25) is 0 Å². The monoisotopic (exact) mass is 515 g/mol. The number of amides is 3. The van der Waals surface area contributed by atoms with E-state index in [2.05, 4.69) is 58.0 Å². The highest BCUT2D eigenvalue weighted by molar-refractivity contribution is 6.04. The molecule has 38 heavy (non-hydrogen) atoms. The normalized spacial score (nSPS) is 22.7. The molecule has 9 nitrogen and oxygen atoms in total. The predicted molar refractivity (Wildman–Crippen MR) is 147 cm³/mol. The van der Waals surface area contributed by atoms with Gasteiger partial charge < -0.3 is 15.1 Å². The Hall–Kier alpha value is -3.46. The molecule has 2 saturated heterocycles. The van der Waals surface area contributed by atoms with Gasteiger partial charge in [0, 0.05) is 36.1 Å². The molecule has 6 rings (SSSR count). The molecule has 0 aliphatic carbocycles. The molecule has 3 aliphatic rings. The van der Waals surface area contributed by atoms with Crippen LogP contribution in [0.4, 0.5) is 10.6 Å². The lowest BCUT2D eigenvalue weighted by Gasteiger charge is -2.47. The second kappa shape index (κ2) is 9.38. The summed E-state index contributed by atoms with van der Waals surface area (Å²) in [5.74, 6) is 0.660. The number of nitrogens with one attached hydrogen (secondary N) is 2. The summed E-state index contributed by atoms with van der Waals surface area (Å²) in [5.41, 5.74) is 2.25. The number of benzene rings is 1. The van der Waals surface area contributed by atoms with E-state index < -0.39 is 5.54 Å². The van der Waals surface area contributed by atoms with Crippen molar-refractivity contribution in [1.82, 2.24) is 29.9 Å². The van der Waals surface area contributed by atoms with E-state index in [-0.39, 0.29) is 18.0 Å². The van der Waals surface area contributed by atoms with Gasteiger partial charge in [0.15, 0.2) is 5.82 Å². The number of rotatable bonds is 4. The summed E-state index contributed by atoms with van der Waals surface area (Å²) < 4.78 is 0. The minimum Gasteiger partial charge on any atom is -0.319 e. The van der Waals surface area contributed by atoms with Crippen molar-refractivity contribution in [3.8, 4) is 0 Å². The average molecular weight is 516 g/mol. The molecule has 0 saturated carbocycles. The standard InChI is InChI=1S/C29H37N7O2/c1-18(2)14-21-15-34-13-7-9-20(34)16-35(21)28(38)36-17-22-25(29(36,3)4)32-33-26(22)31-27(37)24-12-11-19-8-5-6-10-23(19)30-24/h5-6,8,10-12,18,20-21H,7,9,13-17H2,1-4H3,(H2,31,32,33,37)/t20-,21+/m1/s1. The van der Waals surface area contributed by atoms with Gasteiger partial charge >= 0.3 is 6.03 Å². The fourth-order valence-electron chi connectivity index (χ4n) is 6.51. The highest BCUT2D eigenvalue weighted by Crippen LogP contribution is 2.42. The number of anilines is 1. The fraction of sp³-hybridized carbons (Fsp3) is 0.517. The number of hydrogen-bond acceptors (Lipinski definition) is 5. The summed E-state index contributed by atoms with van der Waals surface area (Å²) in [7, 11) is 0. The van der Waals surface area contributed by atoms with Gasteiger partial charge in [-0.15, -0.1) is 0 Å². The van der Waals surface area contributed by atoms with E-state index in [9.17, 15) is 9.59 Å². The van der Waals surface area contributed by atoms with Crippen LogP contribution in [0.3, 0.4) is 0 Å². The van der Waals surface area contributed by atoms with Crippen LogP contribution in [0.15, 0.2) is 36.4 Å². The maximum Gasteiger partial charge on any atom is 0.321 e. The summed E-state index contributed by atoms with van der Waals surface area (Å²) in [6.07, 6.45) is 3.36. The van der Waals surface area contributed by atoms with Crippen LogP contribution in [0, 0.1) is 5.92 Å². The quantitative estimate of drug-likeness (QED) is 0.530. The molecule has 3 aromatic rings. The van der Waals surface area contributed by atoms with Crippen molar-refractivity contribution in [3.05, 3.63) is 53.3 Å². The molecule has 0 spiro atoms. The predicted octanol–water partition coefficient (Wildman–Crippen LogP) is 4.58. The smallest absolute Gasteiger partial charge is 0.319 e. The van der Waals surface area contributed by atoms with E-state index in [0.29, 0.717) is 30.0 Å². The largest absolute Gasteiger partial charge is 0.321 e. The number of H-pyrrole nitrogens is 1. The summed E-state index contributed by atoms with van der Waals surface area (Å²) >= 11 is 0. The Kier molecular flexibility index (Phi) is 6.13. The Labute approximate surface area is 223 Å². The van der Waals surface area contributed by atoms with Gasteiger partial charge in [0.25, 0.3) is 5.91 Å². The minimum absolute atomic E-state index is 0.0743. The Morgan fingerprint density at radius 2 is 1.97 bits per heavy atom. The molecule has 2 fully saturated rings. The van der Waals surface area contributed by atoms with Gasteiger partial charge in [-0.05, 0) is 57.7 Å². The van der Waals surface area contributed by atoms with Gasteiger partial charge in [-0.2, -0.15) is 5.10 Å². The topological polar surface area (TPSA) is 97.5 Å². The van der Waals surface area contributed by atoms with Gasteiger partial charge in [0.1, 0.15) is 5.69 Å². The molecule has 0 radical (unpaired) electrons. The van der Waals surface area contributed by atoms with E-state index in [1.807, 2.05) is 35.2 Å². The van der Waals surface area contributed by atoms with E-state index in [4.69, 9.17) is 0 Å². The molecule has 3 amide bonds. The van der Waals surface area contributed by atoms with E-state index in [1.54, 1.807) is 6.07 Å². The zero-order chi connectivity index (χ0) is 26.6. The third-order valence-corrected chi connectivity index (χ3v) is 8.55. The Bertz CT molecular complexity index is 1380. The number of piperazine rings is 1. The lowest BCUT2D eigenvalue weighted by atomic mass is 9.97. The maximum atomic E-state index is 14.1. The second-order valence-corrected chi connectivity index (χ2v) is 11.9. The fourth-order valence-corrected chi connectivity index (χ4v) is 6.51. The molecule has 0 unspecified atom stereocenters. The van der Waals surface area contributed by atoms with Gasteiger partial charge in [0.05, 0.1) is 23.3 Å². The summed E-state index contributed by atoms with van der Waals surface area (Å²) in [4.78, 5) is 38.4. The molecule has 3 aliphatic heterocycles. The van der Waals surface area contributed by atoms with Crippen LogP contribution in [-0.4, -0.2) is 73.5 Å². The number of pyridine rings is 1. The molecule has 2 atom stereocenters. The first-order valence-electron chi connectivity index (χ1n) is 13.8. The van der Waals surface area contributed by atoms with Crippen LogP contribution in [-0.2, 0) is 12.1 Å². The van der Waals surface area contributed by atoms with E-state index >= 15 is 0 Å². The van der Waals surface area contributed by atoms with E-state index in [1.165, 1.54) is 6.42 Å². The first kappa shape index (κ1) is 24.9. The zero-order valence-corrected chi connectivity index (χ0v) is 22.7. The second-order valence-electron chi connectivity index (χ2n) is 11.9. The van der Waals surface area contributed by atoms with Gasteiger partial charge in [0.2, 0.25) is 0 Å². The van der Waals surface area contributed by atoms with Crippen LogP contribution in [0.25, 0.3) is 10.9 Å². The Balaban J connectivity index is 1.23. The first-order valence-corrected chi connectivity index (χ1v) is 13.8. The average Bonchev–Trinajstić information content (AvgIpc) is 3.58. The molecule has 5 heterocycles. The molecular formula is C29H37N7O2. The number of fused-ring (bicyclic) bond motifs is 3. The summed E-state index contributed by atoms with van der Waals surface area (Å²) in [5, 5.41) is 11.5. The number of aromatic nitrogens is 3. The maximum absolute atomic E-state index is 14.1. The Morgan fingerprint density at radius 1 is 1.16 bits per heavy atom. The molecule has 2 N–H and O–H groups in total. The molecule has 2 aromatic heterocycles. The van der Waals surface area contributed by atoms with Crippen molar-refractivity contribution < 1.29 is 9.59 Å².